The molecule has 1 fully saturated rings. The van der Waals surface area contributed by atoms with E-state index >= 15 is 0 Å². The van der Waals surface area contributed by atoms with Gasteiger partial charge in [-0.05, 0) is 55.0 Å². The number of hydrogen-bond acceptors (Lipinski definition) is 5. The Bertz CT molecular complexity index is 839. The first-order valence-electron chi connectivity index (χ1n) is 11.0. The van der Waals surface area contributed by atoms with Gasteiger partial charge in [0.15, 0.2) is 0 Å². The minimum absolute atomic E-state index is 0.0694. The van der Waals surface area contributed by atoms with Gasteiger partial charge in [0.1, 0.15) is 11.8 Å². The minimum atomic E-state index is -0.205. The molecule has 2 aromatic carbocycles. The molecule has 0 saturated carbocycles. The lowest BCUT2D eigenvalue weighted by Crippen LogP contribution is -2.44. The molecule has 1 amide bonds. The molecule has 2 heterocycles. The second-order valence-electron chi connectivity index (χ2n) is 8.07. The van der Waals surface area contributed by atoms with E-state index in [1.807, 2.05) is 19.1 Å². The van der Waals surface area contributed by atoms with Gasteiger partial charge in [0, 0.05) is 32.2 Å². The highest BCUT2D eigenvalue weighted by Crippen LogP contribution is 2.24. The molecule has 3 N–H and O–H groups in total. The number of fused-ring (bicyclic) bond motifs is 1. The first-order chi connectivity index (χ1) is 14.7. The average Bonchev–Trinajstić information content (AvgIpc) is 3.28. The van der Waals surface area contributed by atoms with Crippen molar-refractivity contribution in [1.29, 1.82) is 0 Å². The standard InChI is InChI=1S/C24H32N4O2/c1-2-30-21-10-8-19(9-11-21)22-16-23(27-26-22)24(29)25-13-5-14-28-15-12-18-6-3-4-7-20(18)17-28/h3-4,6-11,22-23,26-27H,2,5,12-17H2,1H3,(H,25,29). The lowest BCUT2D eigenvalue weighted by atomic mass is 10.00. The summed E-state index contributed by atoms with van der Waals surface area (Å²) in [5, 5.41) is 3.09. The Hall–Kier alpha value is -2.41. The summed E-state index contributed by atoms with van der Waals surface area (Å²) in [6.07, 6.45) is 2.83. The van der Waals surface area contributed by atoms with Crippen molar-refractivity contribution in [2.24, 2.45) is 0 Å². The quantitative estimate of drug-likeness (QED) is 0.586. The third-order valence-electron chi connectivity index (χ3n) is 5.97. The van der Waals surface area contributed by atoms with Gasteiger partial charge < -0.3 is 10.1 Å². The van der Waals surface area contributed by atoms with Crippen LogP contribution >= 0.6 is 0 Å². The van der Waals surface area contributed by atoms with E-state index in [1.165, 1.54) is 11.1 Å². The third kappa shape index (κ3) is 5.19. The Labute approximate surface area is 179 Å². The third-order valence-corrected chi connectivity index (χ3v) is 5.97. The van der Waals surface area contributed by atoms with Crippen molar-refractivity contribution in [3.63, 3.8) is 0 Å². The van der Waals surface area contributed by atoms with Crippen molar-refractivity contribution < 1.29 is 9.53 Å². The van der Waals surface area contributed by atoms with Crippen molar-refractivity contribution >= 4 is 5.91 Å². The van der Waals surface area contributed by atoms with Gasteiger partial charge in [-0.2, -0.15) is 0 Å². The molecular formula is C24H32N4O2. The number of ether oxygens (including phenoxy) is 1. The summed E-state index contributed by atoms with van der Waals surface area (Å²) in [7, 11) is 0. The molecule has 2 aromatic rings. The summed E-state index contributed by atoms with van der Waals surface area (Å²) < 4.78 is 5.50. The molecule has 0 bridgehead atoms. The zero-order valence-electron chi connectivity index (χ0n) is 17.7. The van der Waals surface area contributed by atoms with Crippen LogP contribution in [0.1, 0.15) is 42.5 Å². The van der Waals surface area contributed by atoms with Crippen LogP contribution in [0.4, 0.5) is 0 Å². The van der Waals surface area contributed by atoms with E-state index in [9.17, 15) is 4.79 Å². The van der Waals surface area contributed by atoms with E-state index in [0.717, 1.165) is 50.2 Å². The summed E-state index contributed by atoms with van der Waals surface area (Å²) in [6, 6.07) is 16.7. The number of nitrogens with zero attached hydrogens (tertiary/aromatic N) is 1. The van der Waals surface area contributed by atoms with Crippen LogP contribution in [-0.4, -0.2) is 43.1 Å². The van der Waals surface area contributed by atoms with Crippen molar-refractivity contribution in [3.8, 4) is 5.75 Å². The average molecular weight is 409 g/mol. The molecule has 0 radical (unpaired) electrons. The van der Waals surface area contributed by atoms with E-state index in [0.29, 0.717) is 13.2 Å². The first kappa shape index (κ1) is 20.8. The second-order valence-corrected chi connectivity index (χ2v) is 8.07. The molecule has 6 nitrogen and oxygen atoms in total. The lowest BCUT2D eigenvalue weighted by molar-refractivity contribution is -0.122. The van der Waals surface area contributed by atoms with Crippen LogP contribution in [0.2, 0.25) is 0 Å². The molecule has 0 spiro atoms. The van der Waals surface area contributed by atoms with E-state index < -0.39 is 0 Å². The predicted molar refractivity (Wildman–Crippen MR) is 118 cm³/mol. The maximum Gasteiger partial charge on any atom is 0.238 e. The van der Waals surface area contributed by atoms with Crippen LogP contribution in [0.25, 0.3) is 0 Å². The molecular weight excluding hydrogens is 376 g/mol. The normalized spacial score (nSPS) is 21.2. The smallest absolute Gasteiger partial charge is 0.238 e. The summed E-state index contributed by atoms with van der Waals surface area (Å²) in [4.78, 5) is 15.0. The van der Waals surface area contributed by atoms with E-state index in [4.69, 9.17) is 4.74 Å². The zero-order chi connectivity index (χ0) is 20.8. The Morgan fingerprint density at radius 1 is 1.13 bits per heavy atom. The van der Waals surface area contributed by atoms with Crippen LogP contribution in [0.15, 0.2) is 48.5 Å². The predicted octanol–water partition coefficient (Wildman–Crippen LogP) is 2.56. The number of benzene rings is 2. The molecule has 2 aliphatic heterocycles. The number of carbonyl (C=O) groups excluding carboxylic acids is 1. The van der Waals surface area contributed by atoms with Crippen LogP contribution in [0, 0.1) is 0 Å². The molecule has 2 unspecified atom stereocenters. The summed E-state index contributed by atoms with van der Waals surface area (Å²) >= 11 is 0. The molecule has 2 atom stereocenters. The number of nitrogens with one attached hydrogen (secondary N) is 3. The highest BCUT2D eigenvalue weighted by Gasteiger charge is 2.29. The number of hydrogen-bond donors (Lipinski definition) is 3. The number of rotatable bonds is 8. The SMILES string of the molecule is CCOc1ccc(C2CC(C(=O)NCCCN3CCc4ccccc4C3)NN2)cc1. The zero-order valence-corrected chi connectivity index (χ0v) is 17.7. The van der Waals surface area contributed by atoms with E-state index in [1.54, 1.807) is 0 Å². The van der Waals surface area contributed by atoms with Crippen molar-refractivity contribution in [3.05, 3.63) is 65.2 Å². The van der Waals surface area contributed by atoms with E-state index in [-0.39, 0.29) is 18.0 Å². The summed E-state index contributed by atoms with van der Waals surface area (Å²) in [5.41, 5.74) is 10.5. The fourth-order valence-corrected chi connectivity index (χ4v) is 4.29. The highest BCUT2D eigenvalue weighted by atomic mass is 16.5. The first-order valence-corrected chi connectivity index (χ1v) is 11.0. The minimum Gasteiger partial charge on any atom is -0.494 e. The van der Waals surface area contributed by atoms with Gasteiger partial charge in [-0.15, -0.1) is 0 Å². The Balaban J connectivity index is 1.16. The van der Waals surface area contributed by atoms with Crippen molar-refractivity contribution in [2.45, 2.75) is 44.8 Å². The number of amides is 1. The topological polar surface area (TPSA) is 65.6 Å². The van der Waals surface area contributed by atoms with Crippen LogP contribution in [-0.2, 0) is 17.8 Å². The molecule has 0 aliphatic carbocycles. The van der Waals surface area contributed by atoms with Crippen molar-refractivity contribution in [2.75, 3.05) is 26.2 Å². The Morgan fingerprint density at radius 2 is 1.93 bits per heavy atom. The van der Waals surface area contributed by atoms with Gasteiger partial charge in [-0.1, -0.05) is 36.4 Å². The van der Waals surface area contributed by atoms with Crippen LogP contribution < -0.4 is 20.9 Å². The molecule has 0 aromatic heterocycles. The molecule has 2 aliphatic rings. The van der Waals surface area contributed by atoms with Gasteiger partial charge in [0.25, 0.3) is 0 Å². The second kappa shape index (κ2) is 10.1. The largest absolute Gasteiger partial charge is 0.494 e. The summed E-state index contributed by atoms with van der Waals surface area (Å²) in [6.45, 7) is 6.48. The maximum absolute atomic E-state index is 12.5. The Kier molecular flexibility index (Phi) is 7.00. The highest BCUT2D eigenvalue weighted by molar-refractivity contribution is 5.82. The summed E-state index contributed by atoms with van der Waals surface area (Å²) in [5.74, 6) is 0.943. The molecule has 30 heavy (non-hydrogen) atoms. The molecule has 160 valence electrons. The van der Waals surface area contributed by atoms with Gasteiger partial charge in [-0.25, -0.2) is 10.9 Å². The number of carbonyl (C=O) groups is 1. The molecule has 6 heteroatoms. The van der Waals surface area contributed by atoms with Crippen molar-refractivity contribution in [1.82, 2.24) is 21.1 Å². The van der Waals surface area contributed by atoms with Crippen LogP contribution in [0.5, 0.6) is 5.75 Å². The fraction of sp³-hybridized carbons (Fsp3) is 0.458. The van der Waals surface area contributed by atoms with E-state index in [2.05, 4.69) is 57.5 Å². The Morgan fingerprint density at radius 3 is 2.73 bits per heavy atom. The monoisotopic (exact) mass is 408 g/mol. The van der Waals surface area contributed by atoms with Gasteiger partial charge in [0.05, 0.1) is 6.61 Å². The van der Waals surface area contributed by atoms with Gasteiger partial charge in [0.2, 0.25) is 5.91 Å². The molecule has 4 rings (SSSR count). The van der Waals surface area contributed by atoms with Gasteiger partial charge >= 0.3 is 0 Å². The maximum atomic E-state index is 12.5. The van der Waals surface area contributed by atoms with Crippen LogP contribution in [0.3, 0.4) is 0 Å². The lowest BCUT2D eigenvalue weighted by Gasteiger charge is -2.28. The van der Waals surface area contributed by atoms with Gasteiger partial charge in [-0.3, -0.25) is 9.69 Å². The molecule has 1 saturated heterocycles. The fourth-order valence-electron chi connectivity index (χ4n) is 4.29. The number of hydrazine groups is 1.